The first kappa shape index (κ1) is 20.1. The summed E-state index contributed by atoms with van der Waals surface area (Å²) in [5.41, 5.74) is 0.559. The number of carbonyl (C=O) groups is 2. The number of thiophene rings is 1. The molecule has 0 fully saturated rings. The van der Waals surface area contributed by atoms with Crippen molar-refractivity contribution in [2.75, 3.05) is 6.54 Å². The Morgan fingerprint density at radius 2 is 1.77 bits per heavy atom. The van der Waals surface area contributed by atoms with Gasteiger partial charge in [-0.3, -0.25) is 9.59 Å². The van der Waals surface area contributed by atoms with Crippen molar-refractivity contribution in [3.05, 3.63) is 53.4 Å². The summed E-state index contributed by atoms with van der Waals surface area (Å²) >= 11 is 1.12. The molecule has 0 saturated carbocycles. The second-order valence-electron chi connectivity index (χ2n) is 5.87. The SMILES string of the molecule is CC[C@@H](C)NC(=O)C(=O)NC[C@H](c1ccccc1)S(=O)(=O)c1cccs1. The molecular weight excluding hydrogens is 372 g/mol. The van der Waals surface area contributed by atoms with E-state index in [1.807, 2.05) is 6.92 Å². The average molecular weight is 395 g/mol. The van der Waals surface area contributed by atoms with E-state index in [0.717, 1.165) is 11.3 Å². The van der Waals surface area contributed by atoms with Gasteiger partial charge in [0, 0.05) is 12.6 Å². The second-order valence-corrected chi connectivity index (χ2v) is 9.17. The van der Waals surface area contributed by atoms with Crippen LogP contribution in [0.3, 0.4) is 0 Å². The predicted molar refractivity (Wildman–Crippen MR) is 102 cm³/mol. The fourth-order valence-electron chi connectivity index (χ4n) is 2.30. The van der Waals surface area contributed by atoms with E-state index in [9.17, 15) is 18.0 Å². The number of carbonyl (C=O) groups excluding carboxylic acids is 2. The molecule has 2 rings (SSSR count). The number of hydrogen-bond acceptors (Lipinski definition) is 5. The smallest absolute Gasteiger partial charge is 0.309 e. The first-order valence-corrected chi connectivity index (χ1v) is 10.7. The molecule has 26 heavy (non-hydrogen) atoms. The van der Waals surface area contributed by atoms with Crippen LogP contribution in [-0.2, 0) is 19.4 Å². The zero-order valence-electron chi connectivity index (χ0n) is 14.6. The van der Waals surface area contributed by atoms with Crippen LogP contribution in [0.1, 0.15) is 31.1 Å². The van der Waals surface area contributed by atoms with E-state index in [0.29, 0.717) is 12.0 Å². The molecule has 0 saturated heterocycles. The predicted octanol–water partition coefficient (Wildman–Crippen LogP) is 2.29. The minimum absolute atomic E-state index is 0.131. The molecule has 0 aliphatic heterocycles. The van der Waals surface area contributed by atoms with Gasteiger partial charge in [-0.15, -0.1) is 11.3 Å². The Balaban J connectivity index is 2.19. The highest BCUT2D eigenvalue weighted by Gasteiger charge is 2.31. The lowest BCUT2D eigenvalue weighted by Gasteiger charge is -2.18. The quantitative estimate of drug-likeness (QED) is 0.705. The Kier molecular flexibility index (Phi) is 6.93. The van der Waals surface area contributed by atoms with Gasteiger partial charge >= 0.3 is 11.8 Å². The van der Waals surface area contributed by atoms with Crippen LogP contribution in [0.2, 0.25) is 0 Å². The first-order chi connectivity index (χ1) is 12.4. The van der Waals surface area contributed by atoms with Crippen LogP contribution >= 0.6 is 11.3 Å². The molecule has 1 aromatic carbocycles. The topological polar surface area (TPSA) is 92.3 Å². The molecule has 140 valence electrons. The van der Waals surface area contributed by atoms with Crippen LogP contribution in [0.4, 0.5) is 0 Å². The molecule has 1 heterocycles. The lowest BCUT2D eigenvalue weighted by molar-refractivity contribution is -0.139. The Bertz CT molecular complexity index is 833. The lowest BCUT2D eigenvalue weighted by atomic mass is 10.1. The number of amides is 2. The zero-order chi connectivity index (χ0) is 19.2. The number of sulfone groups is 1. The molecule has 2 amide bonds. The molecule has 0 unspecified atom stereocenters. The summed E-state index contributed by atoms with van der Waals surface area (Å²) < 4.78 is 26.1. The maximum Gasteiger partial charge on any atom is 0.309 e. The maximum atomic E-state index is 13.0. The summed E-state index contributed by atoms with van der Waals surface area (Å²) in [5, 5.41) is 5.73. The van der Waals surface area contributed by atoms with Gasteiger partial charge in [0.15, 0.2) is 9.84 Å². The first-order valence-electron chi connectivity index (χ1n) is 8.27. The third-order valence-electron chi connectivity index (χ3n) is 3.97. The molecule has 6 nitrogen and oxygen atoms in total. The molecule has 0 aliphatic carbocycles. The molecule has 0 bridgehead atoms. The van der Waals surface area contributed by atoms with Crippen molar-refractivity contribution < 1.29 is 18.0 Å². The summed E-state index contributed by atoms with van der Waals surface area (Å²) in [6.45, 7) is 3.50. The third kappa shape index (κ3) is 4.92. The monoisotopic (exact) mass is 394 g/mol. The van der Waals surface area contributed by atoms with E-state index in [1.54, 1.807) is 48.7 Å². The van der Waals surface area contributed by atoms with Crippen molar-refractivity contribution in [3.8, 4) is 0 Å². The van der Waals surface area contributed by atoms with Crippen molar-refractivity contribution in [1.29, 1.82) is 0 Å². The van der Waals surface area contributed by atoms with Gasteiger partial charge in [0.1, 0.15) is 9.46 Å². The standard InChI is InChI=1S/C18H22N2O4S2/c1-3-13(2)20-18(22)17(21)19-12-15(14-8-5-4-6-9-14)26(23,24)16-10-7-11-25-16/h4-11,13,15H,3,12H2,1-2H3,(H,19,21)(H,20,22)/t13-,15-/m1/s1. The van der Waals surface area contributed by atoms with Gasteiger partial charge < -0.3 is 10.6 Å². The highest BCUT2D eigenvalue weighted by atomic mass is 32.2. The maximum absolute atomic E-state index is 13.0. The van der Waals surface area contributed by atoms with Gasteiger partial charge in [0.2, 0.25) is 0 Å². The van der Waals surface area contributed by atoms with E-state index in [2.05, 4.69) is 10.6 Å². The van der Waals surface area contributed by atoms with Crippen molar-refractivity contribution >= 4 is 33.0 Å². The summed E-state index contributed by atoms with van der Waals surface area (Å²) in [6.07, 6.45) is 0.693. The van der Waals surface area contributed by atoms with E-state index in [4.69, 9.17) is 0 Å². The van der Waals surface area contributed by atoms with Crippen molar-refractivity contribution in [1.82, 2.24) is 10.6 Å². The highest BCUT2D eigenvalue weighted by molar-refractivity contribution is 7.93. The number of nitrogens with one attached hydrogen (secondary N) is 2. The van der Waals surface area contributed by atoms with Crippen LogP contribution in [-0.4, -0.2) is 32.8 Å². The highest BCUT2D eigenvalue weighted by Crippen LogP contribution is 2.30. The molecule has 2 aromatic rings. The number of benzene rings is 1. The molecular formula is C18H22N2O4S2. The molecule has 2 N–H and O–H groups in total. The number of hydrogen-bond donors (Lipinski definition) is 2. The minimum atomic E-state index is -3.69. The van der Waals surface area contributed by atoms with Crippen LogP contribution in [0.25, 0.3) is 0 Å². The largest absolute Gasteiger partial charge is 0.346 e. The van der Waals surface area contributed by atoms with Crippen LogP contribution < -0.4 is 10.6 Å². The summed E-state index contributed by atoms with van der Waals surface area (Å²) in [6, 6.07) is 11.7. The fourth-order valence-corrected chi connectivity index (χ4v) is 5.16. The van der Waals surface area contributed by atoms with Gasteiger partial charge in [-0.1, -0.05) is 43.3 Å². The van der Waals surface area contributed by atoms with E-state index in [1.165, 1.54) is 6.07 Å². The lowest BCUT2D eigenvalue weighted by Crippen LogP contribution is -2.45. The van der Waals surface area contributed by atoms with Crippen LogP contribution in [0.15, 0.2) is 52.1 Å². The average Bonchev–Trinajstić information content (AvgIpc) is 3.17. The fraction of sp³-hybridized carbons (Fsp3) is 0.333. The van der Waals surface area contributed by atoms with Gasteiger partial charge in [-0.25, -0.2) is 8.42 Å². The summed E-state index contributed by atoms with van der Waals surface area (Å²) in [7, 11) is -3.69. The normalized spacial score (nSPS) is 13.6. The molecule has 1 aromatic heterocycles. The Hall–Kier alpha value is -2.19. The van der Waals surface area contributed by atoms with Crippen LogP contribution in [0, 0.1) is 0 Å². The van der Waals surface area contributed by atoms with Crippen LogP contribution in [0.5, 0.6) is 0 Å². The van der Waals surface area contributed by atoms with Crippen molar-refractivity contribution in [2.24, 2.45) is 0 Å². The summed E-state index contributed by atoms with van der Waals surface area (Å²) in [4.78, 5) is 23.9. The van der Waals surface area contributed by atoms with Crippen molar-refractivity contribution in [3.63, 3.8) is 0 Å². The Morgan fingerprint density at radius 1 is 1.08 bits per heavy atom. The molecule has 0 spiro atoms. The summed E-state index contributed by atoms with van der Waals surface area (Å²) in [5.74, 6) is -1.60. The number of rotatable bonds is 7. The third-order valence-corrected chi connectivity index (χ3v) is 7.50. The van der Waals surface area contributed by atoms with Gasteiger partial charge in [-0.2, -0.15) is 0 Å². The second kappa shape index (κ2) is 8.95. The van der Waals surface area contributed by atoms with Gasteiger partial charge in [0.05, 0.1) is 0 Å². The van der Waals surface area contributed by atoms with Crippen molar-refractivity contribution in [2.45, 2.75) is 35.8 Å². The zero-order valence-corrected chi connectivity index (χ0v) is 16.3. The molecule has 2 atom stereocenters. The van der Waals surface area contributed by atoms with E-state index < -0.39 is 26.9 Å². The molecule has 8 heteroatoms. The Morgan fingerprint density at radius 3 is 2.35 bits per heavy atom. The molecule has 0 aliphatic rings. The van der Waals surface area contributed by atoms with E-state index in [-0.39, 0.29) is 16.8 Å². The van der Waals surface area contributed by atoms with Gasteiger partial charge in [-0.05, 0) is 30.4 Å². The van der Waals surface area contributed by atoms with Gasteiger partial charge in [0.25, 0.3) is 0 Å². The molecule has 0 radical (unpaired) electrons. The Labute approximate surface area is 157 Å². The minimum Gasteiger partial charge on any atom is -0.346 e. The van der Waals surface area contributed by atoms with E-state index >= 15 is 0 Å².